The molecule has 0 fully saturated rings. The Balaban J connectivity index is 1.54. The number of nitrogens with zero attached hydrogens (tertiary/aromatic N) is 1. The van der Waals surface area contributed by atoms with Crippen LogP contribution in [-0.2, 0) is 6.54 Å². The van der Waals surface area contributed by atoms with Crippen molar-refractivity contribution in [2.45, 2.75) is 20.4 Å². The van der Waals surface area contributed by atoms with E-state index in [1.54, 1.807) is 12.1 Å². The average molecular weight is 368 g/mol. The molecule has 0 aliphatic heterocycles. The van der Waals surface area contributed by atoms with Gasteiger partial charge in [-0.25, -0.2) is 4.99 Å². The lowest BCUT2D eigenvalue weighted by molar-refractivity contribution is 0.0926. The van der Waals surface area contributed by atoms with Gasteiger partial charge in [0.15, 0.2) is 11.7 Å². The predicted octanol–water partition coefficient (Wildman–Crippen LogP) is 2.82. The van der Waals surface area contributed by atoms with Gasteiger partial charge in [-0.3, -0.25) is 4.79 Å². The zero-order chi connectivity index (χ0) is 19.1. The molecule has 0 aliphatic rings. The van der Waals surface area contributed by atoms with Gasteiger partial charge in [-0.1, -0.05) is 18.2 Å². The number of rotatable bonds is 7. The van der Waals surface area contributed by atoms with Crippen molar-refractivity contribution in [1.82, 2.24) is 16.0 Å². The highest BCUT2D eigenvalue weighted by Gasteiger charge is 2.10. The highest BCUT2D eigenvalue weighted by atomic mass is 16.3. The molecule has 2 aromatic heterocycles. The van der Waals surface area contributed by atoms with Crippen LogP contribution in [0.1, 0.15) is 28.8 Å². The first-order chi connectivity index (χ1) is 13.2. The summed E-state index contributed by atoms with van der Waals surface area (Å²) in [6.07, 6.45) is 1.48. The van der Waals surface area contributed by atoms with Gasteiger partial charge in [-0.2, -0.15) is 0 Å². The largest absolute Gasteiger partial charge is 0.459 e. The number of nitrogens with one attached hydrogen (secondary N) is 3. The normalized spacial score (nSPS) is 11.6. The van der Waals surface area contributed by atoms with E-state index in [-0.39, 0.29) is 5.91 Å². The van der Waals surface area contributed by atoms with Gasteiger partial charge in [0.25, 0.3) is 5.91 Å². The minimum atomic E-state index is -0.235. The Kier molecular flexibility index (Phi) is 6.14. The molecule has 0 bridgehead atoms. The average Bonchev–Trinajstić information content (AvgIpc) is 3.32. The van der Waals surface area contributed by atoms with Gasteiger partial charge in [0.2, 0.25) is 0 Å². The lowest BCUT2D eigenvalue weighted by atomic mass is 10.1. The lowest BCUT2D eigenvalue weighted by Gasteiger charge is -2.11. The fourth-order valence-electron chi connectivity index (χ4n) is 2.72. The van der Waals surface area contributed by atoms with Crippen LogP contribution >= 0.6 is 0 Å². The van der Waals surface area contributed by atoms with Crippen molar-refractivity contribution in [3.8, 4) is 0 Å². The van der Waals surface area contributed by atoms with E-state index in [0.29, 0.717) is 31.4 Å². The second-order valence-electron chi connectivity index (χ2n) is 6.00. The van der Waals surface area contributed by atoms with Crippen LogP contribution in [0.25, 0.3) is 11.0 Å². The Morgan fingerprint density at radius 3 is 2.63 bits per heavy atom. The van der Waals surface area contributed by atoms with Crippen LogP contribution in [0.5, 0.6) is 0 Å². The number of carbonyl (C=O) groups is 1. The van der Waals surface area contributed by atoms with Gasteiger partial charge >= 0.3 is 0 Å². The summed E-state index contributed by atoms with van der Waals surface area (Å²) in [6, 6.07) is 11.3. The van der Waals surface area contributed by atoms with Crippen molar-refractivity contribution >= 4 is 22.8 Å². The smallest absolute Gasteiger partial charge is 0.287 e. The molecule has 1 amide bonds. The number of benzene rings is 1. The number of aliphatic imine (C=N–C) groups is 1. The summed E-state index contributed by atoms with van der Waals surface area (Å²) in [5.41, 5.74) is 1.98. The number of fused-ring (bicyclic) bond motifs is 1. The van der Waals surface area contributed by atoms with Crippen molar-refractivity contribution in [3.63, 3.8) is 0 Å². The second-order valence-corrected chi connectivity index (χ2v) is 6.00. The summed E-state index contributed by atoms with van der Waals surface area (Å²) in [6.45, 7) is 6.22. The van der Waals surface area contributed by atoms with Crippen LogP contribution < -0.4 is 16.0 Å². The summed E-state index contributed by atoms with van der Waals surface area (Å²) < 4.78 is 11.0. The molecule has 7 nitrogen and oxygen atoms in total. The van der Waals surface area contributed by atoms with Gasteiger partial charge in [0, 0.05) is 30.6 Å². The Morgan fingerprint density at radius 1 is 1.07 bits per heavy atom. The standard InChI is InChI=1S/C20H24N4O3/c1-3-21-20(23-11-10-22-19(25)17-9-6-12-26-17)24-13-18-14(2)15-7-4-5-8-16(15)27-18/h4-9,12H,3,10-11,13H2,1-2H3,(H,22,25)(H2,21,23,24). The predicted molar refractivity (Wildman–Crippen MR) is 105 cm³/mol. The molecule has 0 radical (unpaired) electrons. The van der Waals surface area contributed by atoms with Gasteiger partial charge < -0.3 is 24.8 Å². The first-order valence-electron chi connectivity index (χ1n) is 9.00. The van der Waals surface area contributed by atoms with Gasteiger partial charge in [0.1, 0.15) is 17.9 Å². The van der Waals surface area contributed by atoms with E-state index >= 15 is 0 Å². The van der Waals surface area contributed by atoms with Gasteiger partial charge in [0.05, 0.1) is 6.26 Å². The Hall–Kier alpha value is -3.22. The van der Waals surface area contributed by atoms with E-state index in [0.717, 1.165) is 28.8 Å². The van der Waals surface area contributed by atoms with E-state index in [4.69, 9.17) is 8.83 Å². The number of carbonyl (C=O) groups excluding carboxylic acids is 1. The van der Waals surface area contributed by atoms with Gasteiger partial charge in [-0.15, -0.1) is 0 Å². The third-order valence-electron chi connectivity index (χ3n) is 4.12. The van der Waals surface area contributed by atoms with Crippen LogP contribution in [0.2, 0.25) is 0 Å². The molecule has 3 N–H and O–H groups in total. The quantitative estimate of drug-likeness (QED) is 0.339. The first kappa shape index (κ1) is 18.6. The Morgan fingerprint density at radius 2 is 1.89 bits per heavy atom. The van der Waals surface area contributed by atoms with Crippen LogP contribution in [-0.4, -0.2) is 31.5 Å². The van der Waals surface area contributed by atoms with Crippen LogP contribution in [0.15, 0.2) is 56.5 Å². The van der Waals surface area contributed by atoms with E-state index in [1.807, 2.05) is 38.1 Å². The molecule has 0 saturated carbocycles. The van der Waals surface area contributed by atoms with Gasteiger partial charge in [-0.05, 0) is 32.0 Å². The third kappa shape index (κ3) is 4.69. The summed E-state index contributed by atoms with van der Waals surface area (Å²) in [5, 5.41) is 10.3. The van der Waals surface area contributed by atoms with Crippen molar-refractivity contribution < 1.29 is 13.6 Å². The van der Waals surface area contributed by atoms with Crippen molar-refractivity contribution in [3.05, 3.63) is 59.7 Å². The fraction of sp³-hybridized carbons (Fsp3) is 0.300. The maximum absolute atomic E-state index is 11.8. The molecular weight excluding hydrogens is 344 g/mol. The zero-order valence-corrected chi connectivity index (χ0v) is 15.5. The molecule has 0 atom stereocenters. The molecule has 3 rings (SSSR count). The molecule has 142 valence electrons. The Labute approximate surface area is 157 Å². The summed E-state index contributed by atoms with van der Waals surface area (Å²) >= 11 is 0. The van der Waals surface area contributed by atoms with Crippen LogP contribution in [0.4, 0.5) is 0 Å². The van der Waals surface area contributed by atoms with Crippen molar-refractivity contribution in [1.29, 1.82) is 0 Å². The highest BCUT2D eigenvalue weighted by Crippen LogP contribution is 2.25. The number of guanidine groups is 1. The molecular formula is C20H24N4O3. The fourth-order valence-corrected chi connectivity index (χ4v) is 2.72. The second kappa shape index (κ2) is 8.93. The van der Waals surface area contributed by atoms with Crippen LogP contribution in [0.3, 0.4) is 0 Å². The molecule has 3 aromatic rings. The minimum Gasteiger partial charge on any atom is -0.459 e. The molecule has 27 heavy (non-hydrogen) atoms. The van der Waals surface area contributed by atoms with Crippen molar-refractivity contribution in [2.75, 3.05) is 19.6 Å². The molecule has 0 spiro atoms. The number of furan rings is 2. The number of para-hydroxylation sites is 1. The van der Waals surface area contributed by atoms with E-state index in [2.05, 4.69) is 20.9 Å². The molecule has 2 heterocycles. The van der Waals surface area contributed by atoms with E-state index in [1.165, 1.54) is 6.26 Å². The molecule has 0 aliphatic carbocycles. The highest BCUT2D eigenvalue weighted by molar-refractivity contribution is 5.91. The number of hydrogen-bond acceptors (Lipinski definition) is 4. The monoisotopic (exact) mass is 368 g/mol. The van der Waals surface area contributed by atoms with Crippen molar-refractivity contribution in [2.24, 2.45) is 4.99 Å². The van der Waals surface area contributed by atoms with Crippen LogP contribution in [0, 0.1) is 6.92 Å². The molecule has 0 saturated heterocycles. The summed E-state index contributed by atoms with van der Waals surface area (Å²) in [7, 11) is 0. The molecule has 0 unspecified atom stereocenters. The number of aryl methyl sites for hydroxylation is 1. The minimum absolute atomic E-state index is 0.235. The number of amides is 1. The summed E-state index contributed by atoms with van der Waals surface area (Å²) in [4.78, 5) is 16.4. The lowest BCUT2D eigenvalue weighted by Crippen LogP contribution is -2.41. The molecule has 1 aromatic carbocycles. The molecule has 7 heteroatoms. The maximum Gasteiger partial charge on any atom is 0.287 e. The zero-order valence-electron chi connectivity index (χ0n) is 15.5. The SMILES string of the molecule is CCNC(=NCc1oc2ccccc2c1C)NCCNC(=O)c1ccco1. The van der Waals surface area contributed by atoms with E-state index < -0.39 is 0 Å². The summed E-state index contributed by atoms with van der Waals surface area (Å²) in [5.74, 6) is 1.58. The third-order valence-corrected chi connectivity index (χ3v) is 4.12. The first-order valence-corrected chi connectivity index (χ1v) is 9.00. The van der Waals surface area contributed by atoms with E-state index in [9.17, 15) is 4.79 Å². The Bertz CT molecular complexity index is 913. The maximum atomic E-state index is 11.8. The topological polar surface area (TPSA) is 91.8 Å². The number of hydrogen-bond donors (Lipinski definition) is 3.